The van der Waals surface area contributed by atoms with Gasteiger partial charge in [-0.1, -0.05) is 13.8 Å². The molecule has 2 rings (SSSR count). The normalized spacial score (nSPS) is 14.8. The first kappa shape index (κ1) is 12.2. The Hall–Kier alpha value is -1.25. The van der Waals surface area contributed by atoms with Crippen molar-refractivity contribution in [3.63, 3.8) is 0 Å². The fraction of sp³-hybridized carbons (Fsp3) is 0.643. The second kappa shape index (κ2) is 5.39. The molecule has 0 unspecified atom stereocenters. The van der Waals surface area contributed by atoms with Crippen LogP contribution in [0.25, 0.3) is 0 Å². The molecule has 3 nitrogen and oxygen atoms in total. The number of hydrogen-bond donors (Lipinski definition) is 0. The Bertz CT molecular complexity index is 413. The van der Waals surface area contributed by atoms with E-state index in [1.165, 1.54) is 24.1 Å². The number of ketones is 1. The van der Waals surface area contributed by atoms with E-state index in [0.717, 1.165) is 18.5 Å². The zero-order valence-corrected chi connectivity index (χ0v) is 10.7. The highest BCUT2D eigenvalue weighted by molar-refractivity contribution is 5.80. The van der Waals surface area contributed by atoms with Crippen LogP contribution in [-0.2, 0) is 24.1 Å². The van der Waals surface area contributed by atoms with Gasteiger partial charge >= 0.3 is 0 Å². The van der Waals surface area contributed by atoms with Gasteiger partial charge in [0.1, 0.15) is 12.1 Å². The van der Waals surface area contributed by atoms with Crippen LogP contribution in [0.1, 0.15) is 50.1 Å². The van der Waals surface area contributed by atoms with Crippen LogP contribution in [0.5, 0.6) is 0 Å². The minimum Gasteiger partial charge on any atom is -0.299 e. The molecule has 0 aliphatic heterocycles. The zero-order chi connectivity index (χ0) is 12.3. The molecular formula is C14H20N2O. The summed E-state index contributed by atoms with van der Waals surface area (Å²) < 4.78 is 0. The molecule has 1 aliphatic rings. The van der Waals surface area contributed by atoms with E-state index >= 15 is 0 Å². The number of fused-ring (bicyclic) bond motifs is 1. The molecule has 1 heterocycles. The van der Waals surface area contributed by atoms with Gasteiger partial charge in [-0.2, -0.15) is 0 Å². The van der Waals surface area contributed by atoms with E-state index in [9.17, 15) is 4.79 Å². The van der Waals surface area contributed by atoms with Crippen LogP contribution in [-0.4, -0.2) is 15.8 Å². The molecular weight excluding hydrogens is 212 g/mol. The fourth-order valence-corrected chi connectivity index (χ4v) is 2.46. The van der Waals surface area contributed by atoms with Crippen molar-refractivity contribution >= 4 is 5.78 Å². The fourth-order valence-electron chi connectivity index (χ4n) is 2.46. The van der Waals surface area contributed by atoms with Crippen molar-refractivity contribution in [3.8, 4) is 0 Å². The van der Waals surface area contributed by atoms with Gasteiger partial charge in [0.2, 0.25) is 0 Å². The summed E-state index contributed by atoms with van der Waals surface area (Å²) in [5.41, 5.74) is 3.38. The molecule has 0 saturated carbocycles. The van der Waals surface area contributed by atoms with Gasteiger partial charge in [-0.25, -0.2) is 9.97 Å². The van der Waals surface area contributed by atoms with Crippen LogP contribution in [0, 0.1) is 5.92 Å². The van der Waals surface area contributed by atoms with Crippen molar-refractivity contribution in [3.05, 3.63) is 23.3 Å². The summed E-state index contributed by atoms with van der Waals surface area (Å²) >= 11 is 0. The Morgan fingerprint density at radius 3 is 2.82 bits per heavy atom. The Balaban J connectivity index is 2.13. The van der Waals surface area contributed by atoms with Crippen molar-refractivity contribution in [2.75, 3.05) is 0 Å². The number of hydrogen-bond acceptors (Lipinski definition) is 3. The highest BCUT2D eigenvalue weighted by Crippen LogP contribution is 2.22. The number of Topliss-reactive ketones (excluding diaryl/α,β-unsaturated/α-hetero) is 1. The highest BCUT2D eigenvalue weighted by Gasteiger charge is 2.17. The van der Waals surface area contributed by atoms with Crippen molar-refractivity contribution in [1.29, 1.82) is 0 Å². The van der Waals surface area contributed by atoms with Crippen LogP contribution >= 0.6 is 0 Å². The standard InChI is InChI=1S/C14H20N2O/c1-10(2)7-11(17)8-14-12-5-3-4-6-13(12)15-9-16-14/h9-10H,3-8H2,1-2H3. The predicted octanol–water partition coefficient (Wildman–Crippen LogP) is 2.51. The molecule has 0 aromatic carbocycles. The molecule has 0 amide bonds. The zero-order valence-electron chi connectivity index (χ0n) is 10.7. The number of aryl methyl sites for hydroxylation is 1. The molecule has 0 radical (unpaired) electrons. The minimum absolute atomic E-state index is 0.298. The number of nitrogens with zero attached hydrogens (tertiary/aromatic N) is 2. The maximum atomic E-state index is 11.8. The predicted molar refractivity (Wildman–Crippen MR) is 66.8 cm³/mol. The van der Waals surface area contributed by atoms with Gasteiger partial charge in [0.05, 0.1) is 5.69 Å². The van der Waals surface area contributed by atoms with Crippen molar-refractivity contribution in [2.45, 2.75) is 52.4 Å². The van der Waals surface area contributed by atoms with E-state index in [-0.39, 0.29) is 0 Å². The highest BCUT2D eigenvalue weighted by atomic mass is 16.1. The second-order valence-electron chi connectivity index (χ2n) is 5.27. The quantitative estimate of drug-likeness (QED) is 0.801. The lowest BCUT2D eigenvalue weighted by atomic mass is 9.92. The average Bonchev–Trinajstić information content (AvgIpc) is 2.28. The van der Waals surface area contributed by atoms with Gasteiger partial charge in [0, 0.05) is 18.5 Å². The maximum absolute atomic E-state index is 11.8. The maximum Gasteiger partial charge on any atom is 0.139 e. The number of carbonyl (C=O) groups is 1. The van der Waals surface area contributed by atoms with Crippen molar-refractivity contribution in [2.24, 2.45) is 5.92 Å². The van der Waals surface area contributed by atoms with Gasteiger partial charge < -0.3 is 0 Å². The lowest BCUT2D eigenvalue weighted by Gasteiger charge is -2.17. The van der Waals surface area contributed by atoms with E-state index in [2.05, 4.69) is 23.8 Å². The minimum atomic E-state index is 0.298. The second-order valence-corrected chi connectivity index (χ2v) is 5.27. The van der Waals surface area contributed by atoms with Gasteiger partial charge in [0.15, 0.2) is 0 Å². The molecule has 92 valence electrons. The topological polar surface area (TPSA) is 42.9 Å². The van der Waals surface area contributed by atoms with Crippen LogP contribution in [0.4, 0.5) is 0 Å². The van der Waals surface area contributed by atoms with Crippen LogP contribution in [0.3, 0.4) is 0 Å². The molecule has 3 heteroatoms. The first-order chi connectivity index (χ1) is 8.16. The van der Waals surface area contributed by atoms with Gasteiger partial charge in [-0.3, -0.25) is 4.79 Å². The third-order valence-electron chi connectivity index (χ3n) is 3.21. The molecule has 1 aromatic rings. The SMILES string of the molecule is CC(C)CC(=O)Cc1ncnc2c1CCCC2. The first-order valence-corrected chi connectivity index (χ1v) is 6.50. The molecule has 0 bridgehead atoms. The Morgan fingerprint density at radius 1 is 1.29 bits per heavy atom. The summed E-state index contributed by atoms with van der Waals surface area (Å²) in [6.45, 7) is 4.15. The lowest BCUT2D eigenvalue weighted by molar-refractivity contribution is -0.119. The summed E-state index contributed by atoms with van der Waals surface area (Å²) in [5.74, 6) is 0.728. The Labute approximate surface area is 103 Å². The average molecular weight is 232 g/mol. The molecule has 17 heavy (non-hydrogen) atoms. The van der Waals surface area contributed by atoms with Crippen LogP contribution in [0.15, 0.2) is 6.33 Å². The third kappa shape index (κ3) is 3.11. The van der Waals surface area contributed by atoms with Crippen molar-refractivity contribution in [1.82, 2.24) is 9.97 Å². The van der Waals surface area contributed by atoms with E-state index in [1.807, 2.05) is 0 Å². The molecule has 0 N–H and O–H groups in total. The number of aromatic nitrogens is 2. The van der Waals surface area contributed by atoms with E-state index in [1.54, 1.807) is 6.33 Å². The van der Waals surface area contributed by atoms with Gasteiger partial charge in [-0.05, 0) is 37.2 Å². The number of carbonyl (C=O) groups excluding carboxylic acids is 1. The van der Waals surface area contributed by atoms with Crippen LogP contribution < -0.4 is 0 Å². The van der Waals surface area contributed by atoms with E-state index < -0.39 is 0 Å². The van der Waals surface area contributed by atoms with Crippen molar-refractivity contribution < 1.29 is 4.79 Å². The van der Waals surface area contributed by atoms with E-state index in [4.69, 9.17) is 0 Å². The summed E-state index contributed by atoms with van der Waals surface area (Å²) in [6.07, 6.45) is 7.25. The summed E-state index contributed by atoms with van der Waals surface area (Å²) in [5, 5.41) is 0. The molecule has 0 saturated heterocycles. The molecule has 0 atom stereocenters. The van der Waals surface area contributed by atoms with Gasteiger partial charge in [0.25, 0.3) is 0 Å². The molecule has 1 aliphatic carbocycles. The Kier molecular flexibility index (Phi) is 3.87. The molecule has 0 spiro atoms. The van der Waals surface area contributed by atoms with Gasteiger partial charge in [-0.15, -0.1) is 0 Å². The van der Waals surface area contributed by atoms with E-state index in [0.29, 0.717) is 24.5 Å². The third-order valence-corrected chi connectivity index (χ3v) is 3.21. The largest absolute Gasteiger partial charge is 0.299 e. The Morgan fingerprint density at radius 2 is 2.06 bits per heavy atom. The summed E-state index contributed by atoms with van der Waals surface area (Å²) in [7, 11) is 0. The smallest absolute Gasteiger partial charge is 0.139 e. The first-order valence-electron chi connectivity index (χ1n) is 6.50. The molecule has 0 fully saturated rings. The summed E-state index contributed by atoms with van der Waals surface area (Å²) in [6, 6.07) is 0. The summed E-state index contributed by atoms with van der Waals surface area (Å²) in [4.78, 5) is 20.5. The van der Waals surface area contributed by atoms with Crippen LogP contribution in [0.2, 0.25) is 0 Å². The lowest BCUT2D eigenvalue weighted by Crippen LogP contribution is -2.14. The monoisotopic (exact) mass is 232 g/mol. The number of rotatable bonds is 4. The molecule has 1 aromatic heterocycles.